The van der Waals surface area contributed by atoms with Gasteiger partial charge in [0, 0.05) is 0 Å². The third-order valence-electron chi connectivity index (χ3n) is 3.05. The fourth-order valence-corrected chi connectivity index (χ4v) is 1.84. The minimum Gasteiger partial charge on any atom is -0.493 e. The molecule has 1 aromatic heterocycles. The number of rotatable bonds is 5. The molecule has 1 atom stereocenters. The highest BCUT2D eigenvalue weighted by molar-refractivity contribution is 5.45. The number of aliphatic hydroxyl groups is 1. The first-order valence-corrected chi connectivity index (χ1v) is 6.62. The molecule has 0 saturated carbocycles. The Balaban J connectivity index is 2.20. The van der Waals surface area contributed by atoms with Crippen molar-refractivity contribution in [3.63, 3.8) is 0 Å². The molecule has 0 amide bonds. The summed E-state index contributed by atoms with van der Waals surface area (Å²) in [6.07, 6.45) is 1.96. The molecule has 1 unspecified atom stereocenters. The minimum absolute atomic E-state index is 0.581. The van der Waals surface area contributed by atoms with E-state index in [1.807, 2.05) is 18.2 Å². The Labute approximate surface area is 119 Å². The van der Waals surface area contributed by atoms with Crippen molar-refractivity contribution in [1.29, 1.82) is 0 Å². The Kier molecular flexibility index (Phi) is 4.58. The zero-order chi connectivity index (χ0) is 14.5. The number of pyridine rings is 1. The van der Waals surface area contributed by atoms with Gasteiger partial charge in [-0.05, 0) is 43.2 Å². The van der Waals surface area contributed by atoms with Gasteiger partial charge in [-0.1, -0.05) is 13.0 Å². The van der Waals surface area contributed by atoms with E-state index in [4.69, 9.17) is 9.47 Å². The monoisotopic (exact) mass is 273 g/mol. The molecule has 0 radical (unpaired) electrons. The Morgan fingerprint density at radius 2 is 2.00 bits per heavy atom. The lowest BCUT2D eigenvalue weighted by Crippen LogP contribution is -1.96. The van der Waals surface area contributed by atoms with E-state index in [0.717, 1.165) is 6.42 Å². The second-order valence-electron chi connectivity index (χ2n) is 4.54. The summed E-state index contributed by atoms with van der Waals surface area (Å²) in [5.41, 5.74) is 1.81. The Morgan fingerprint density at radius 1 is 1.20 bits per heavy atom. The van der Waals surface area contributed by atoms with Crippen LogP contribution in [0.15, 0.2) is 36.5 Å². The molecule has 0 aliphatic heterocycles. The van der Waals surface area contributed by atoms with Gasteiger partial charge in [0.1, 0.15) is 5.75 Å². The summed E-state index contributed by atoms with van der Waals surface area (Å²) in [4.78, 5) is 4.15. The van der Waals surface area contributed by atoms with E-state index in [0.29, 0.717) is 22.9 Å². The highest BCUT2D eigenvalue weighted by Crippen LogP contribution is 2.32. The normalized spacial score (nSPS) is 12.0. The number of hydrogen-bond donors (Lipinski definition) is 1. The van der Waals surface area contributed by atoms with E-state index in [9.17, 15) is 5.11 Å². The maximum absolute atomic E-state index is 9.42. The number of hydrogen-bond acceptors (Lipinski definition) is 4. The molecule has 2 rings (SSSR count). The number of ether oxygens (including phenoxy) is 2. The molecular weight excluding hydrogens is 254 g/mol. The second-order valence-corrected chi connectivity index (χ2v) is 4.54. The zero-order valence-electron chi connectivity index (χ0n) is 12.0. The third-order valence-corrected chi connectivity index (χ3v) is 3.05. The first kappa shape index (κ1) is 14.3. The first-order chi connectivity index (χ1) is 9.63. The van der Waals surface area contributed by atoms with Gasteiger partial charge >= 0.3 is 0 Å². The van der Waals surface area contributed by atoms with Crippen LogP contribution in [0.2, 0.25) is 0 Å². The Bertz CT molecular complexity index is 564. The van der Waals surface area contributed by atoms with Crippen LogP contribution in [0.1, 0.15) is 31.2 Å². The average molecular weight is 273 g/mol. The lowest BCUT2D eigenvalue weighted by Gasteiger charge is -2.12. The van der Waals surface area contributed by atoms with E-state index in [1.54, 1.807) is 32.4 Å². The fraction of sp³-hybridized carbons (Fsp3) is 0.312. The Hall–Kier alpha value is -2.07. The standard InChI is InChI=1S/C16H19NO3/c1-4-12-5-8-15(16(9-12)19-3)20-13-6-7-14(11(2)18)17-10-13/h5-11,18H,4H2,1-3H3. The van der Waals surface area contributed by atoms with Gasteiger partial charge in [0.25, 0.3) is 0 Å². The van der Waals surface area contributed by atoms with Gasteiger partial charge in [-0.3, -0.25) is 4.98 Å². The van der Waals surface area contributed by atoms with Gasteiger partial charge < -0.3 is 14.6 Å². The summed E-state index contributed by atoms with van der Waals surface area (Å²) in [6.45, 7) is 3.77. The van der Waals surface area contributed by atoms with Crippen LogP contribution in [-0.4, -0.2) is 17.2 Å². The van der Waals surface area contributed by atoms with Crippen LogP contribution in [0, 0.1) is 0 Å². The van der Waals surface area contributed by atoms with Crippen LogP contribution < -0.4 is 9.47 Å². The molecule has 0 fully saturated rings. The topological polar surface area (TPSA) is 51.6 Å². The molecule has 106 valence electrons. The van der Waals surface area contributed by atoms with Crippen molar-refractivity contribution >= 4 is 0 Å². The van der Waals surface area contributed by atoms with E-state index in [2.05, 4.69) is 11.9 Å². The number of nitrogens with zero attached hydrogens (tertiary/aromatic N) is 1. The molecule has 4 nitrogen and oxygen atoms in total. The van der Waals surface area contributed by atoms with E-state index >= 15 is 0 Å². The number of aromatic nitrogens is 1. The summed E-state index contributed by atoms with van der Waals surface area (Å²) in [6, 6.07) is 9.39. The summed E-state index contributed by atoms with van der Waals surface area (Å²) in [5.74, 6) is 1.96. The number of aliphatic hydroxyl groups excluding tert-OH is 1. The van der Waals surface area contributed by atoms with E-state index < -0.39 is 6.10 Å². The molecule has 2 aromatic rings. The highest BCUT2D eigenvalue weighted by Gasteiger charge is 2.08. The maximum atomic E-state index is 9.42. The van der Waals surface area contributed by atoms with Crippen molar-refractivity contribution in [3.05, 3.63) is 47.8 Å². The quantitative estimate of drug-likeness (QED) is 0.906. The highest BCUT2D eigenvalue weighted by atomic mass is 16.5. The predicted octanol–water partition coefficient (Wildman–Crippen LogP) is 3.50. The number of benzene rings is 1. The molecule has 1 aromatic carbocycles. The molecule has 1 N–H and O–H groups in total. The van der Waals surface area contributed by atoms with Gasteiger partial charge in [-0.2, -0.15) is 0 Å². The largest absolute Gasteiger partial charge is 0.493 e. The van der Waals surface area contributed by atoms with E-state index in [-0.39, 0.29) is 0 Å². The molecule has 0 bridgehead atoms. The summed E-state index contributed by atoms with van der Waals surface area (Å²) >= 11 is 0. The first-order valence-electron chi connectivity index (χ1n) is 6.62. The average Bonchev–Trinajstić information content (AvgIpc) is 2.48. The van der Waals surface area contributed by atoms with Crippen molar-refractivity contribution in [3.8, 4) is 17.2 Å². The van der Waals surface area contributed by atoms with Crippen molar-refractivity contribution in [1.82, 2.24) is 4.98 Å². The second kappa shape index (κ2) is 6.39. The van der Waals surface area contributed by atoms with Crippen LogP contribution in [0.4, 0.5) is 0 Å². The predicted molar refractivity (Wildman–Crippen MR) is 77.3 cm³/mol. The SMILES string of the molecule is CCc1ccc(Oc2ccc(C(C)O)nc2)c(OC)c1. The smallest absolute Gasteiger partial charge is 0.169 e. The molecule has 0 aliphatic carbocycles. The number of aryl methyl sites for hydroxylation is 1. The zero-order valence-corrected chi connectivity index (χ0v) is 12.0. The van der Waals surface area contributed by atoms with Gasteiger partial charge in [-0.25, -0.2) is 0 Å². The van der Waals surface area contributed by atoms with Gasteiger partial charge in [0.05, 0.1) is 25.1 Å². The molecule has 0 saturated heterocycles. The lowest BCUT2D eigenvalue weighted by molar-refractivity contribution is 0.194. The summed E-state index contributed by atoms with van der Waals surface area (Å²) < 4.78 is 11.1. The molecule has 0 spiro atoms. The third kappa shape index (κ3) is 3.27. The Morgan fingerprint density at radius 3 is 2.55 bits per heavy atom. The van der Waals surface area contributed by atoms with Crippen LogP contribution in [0.3, 0.4) is 0 Å². The van der Waals surface area contributed by atoms with Crippen LogP contribution in [0.5, 0.6) is 17.2 Å². The van der Waals surface area contributed by atoms with Gasteiger partial charge in [0.15, 0.2) is 11.5 Å². The fourth-order valence-electron chi connectivity index (χ4n) is 1.84. The summed E-state index contributed by atoms with van der Waals surface area (Å²) in [7, 11) is 1.62. The van der Waals surface area contributed by atoms with Crippen LogP contribution in [-0.2, 0) is 6.42 Å². The summed E-state index contributed by atoms with van der Waals surface area (Å²) in [5, 5.41) is 9.42. The van der Waals surface area contributed by atoms with Crippen molar-refractivity contribution < 1.29 is 14.6 Å². The molecule has 4 heteroatoms. The molecule has 20 heavy (non-hydrogen) atoms. The molecular formula is C16H19NO3. The molecule has 1 heterocycles. The minimum atomic E-state index is -0.581. The van der Waals surface area contributed by atoms with Crippen molar-refractivity contribution in [2.75, 3.05) is 7.11 Å². The van der Waals surface area contributed by atoms with Crippen LogP contribution >= 0.6 is 0 Å². The van der Waals surface area contributed by atoms with Crippen LogP contribution in [0.25, 0.3) is 0 Å². The van der Waals surface area contributed by atoms with Gasteiger partial charge in [-0.15, -0.1) is 0 Å². The van der Waals surface area contributed by atoms with Crippen molar-refractivity contribution in [2.24, 2.45) is 0 Å². The van der Waals surface area contributed by atoms with Crippen molar-refractivity contribution in [2.45, 2.75) is 26.4 Å². The number of methoxy groups -OCH3 is 1. The molecule has 0 aliphatic rings. The van der Waals surface area contributed by atoms with E-state index in [1.165, 1.54) is 5.56 Å². The van der Waals surface area contributed by atoms with Gasteiger partial charge in [0.2, 0.25) is 0 Å². The lowest BCUT2D eigenvalue weighted by atomic mass is 10.1. The maximum Gasteiger partial charge on any atom is 0.169 e.